The Morgan fingerprint density at radius 2 is 1.78 bits per heavy atom. The minimum Gasteiger partial charge on any atom is -0.462 e. The van der Waals surface area contributed by atoms with Crippen molar-refractivity contribution in [2.45, 2.75) is 44.4 Å². The highest BCUT2D eigenvalue weighted by molar-refractivity contribution is 7.89. The van der Waals surface area contributed by atoms with E-state index in [9.17, 15) is 18.0 Å². The number of ether oxygens (including phenoxy) is 1. The van der Waals surface area contributed by atoms with Crippen molar-refractivity contribution in [3.8, 4) is 0 Å². The van der Waals surface area contributed by atoms with Gasteiger partial charge in [-0.2, -0.15) is 4.31 Å². The third kappa shape index (κ3) is 5.52. The molecular formula is C19H28N2O5S. The Morgan fingerprint density at radius 1 is 1.15 bits per heavy atom. The van der Waals surface area contributed by atoms with Gasteiger partial charge in [0, 0.05) is 25.6 Å². The van der Waals surface area contributed by atoms with Gasteiger partial charge in [0.05, 0.1) is 17.1 Å². The van der Waals surface area contributed by atoms with Crippen LogP contribution < -0.4 is 5.32 Å². The van der Waals surface area contributed by atoms with Gasteiger partial charge in [0.15, 0.2) is 0 Å². The maximum atomic E-state index is 12.8. The Hall–Kier alpha value is -1.93. The second-order valence-corrected chi connectivity index (χ2v) is 8.51. The molecule has 8 heteroatoms. The van der Waals surface area contributed by atoms with Crippen LogP contribution >= 0.6 is 0 Å². The van der Waals surface area contributed by atoms with Crippen LogP contribution in [0, 0.1) is 5.92 Å². The first-order chi connectivity index (χ1) is 12.9. The summed E-state index contributed by atoms with van der Waals surface area (Å²) >= 11 is 0. The van der Waals surface area contributed by atoms with Gasteiger partial charge in [-0.15, -0.1) is 0 Å². The second-order valence-electron chi connectivity index (χ2n) is 6.57. The van der Waals surface area contributed by atoms with Gasteiger partial charge in [-0.25, -0.2) is 13.2 Å². The van der Waals surface area contributed by atoms with E-state index in [0.717, 1.165) is 12.8 Å². The molecule has 1 heterocycles. The molecule has 0 spiro atoms. The molecule has 1 N–H and O–H groups in total. The van der Waals surface area contributed by atoms with E-state index in [1.165, 1.54) is 28.6 Å². The minimum absolute atomic E-state index is 0.0132. The second kappa shape index (κ2) is 9.85. The zero-order valence-corrected chi connectivity index (χ0v) is 16.8. The molecule has 1 fully saturated rings. The van der Waals surface area contributed by atoms with Gasteiger partial charge < -0.3 is 10.1 Å². The van der Waals surface area contributed by atoms with E-state index < -0.39 is 16.0 Å². The molecule has 1 aliphatic heterocycles. The molecule has 0 radical (unpaired) electrons. The van der Waals surface area contributed by atoms with Crippen LogP contribution in [0.15, 0.2) is 29.2 Å². The van der Waals surface area contributed by atoms with Crippen LogP contribution in [0.1, 0.15) is 49.9 Å². The first-order valence-electron chi connectivity index (χ1n) is 9.45. The summed E-state index contributed by atoms with van der Waals surface area (Å²) in [6.45, 7) is 5.33. The topological polar surface area (TPSA) is 92.8 Å². The number of nitrogens with zero attached hydrogens (tertiary/aromatic N) is 1. The number of hydrogen-bond acceptors (Lipinski definition) is 5. The lowest BCUT2D eigenvalue weighted by molar-refractivity contribution is -0.126. The molecule has 27 heavy (non-hydrogen) atoms. The first-order valence-corrected chi connectivity index (χ1v) is 10.9. The average molecular weight is 397 g/mol. The van der Waals surface area contributed by atoms with E-state index in [4.69, 9.17) is 4.74 Å². The van der Waals surface area contributed by atoms with Gasteiger partial charge >= 0.3 is 5.97 Å². The zero-order chi connectivity index (χ0) is 19.9. The number of unbranched alkanes of at least 4 members (excludes halogenated alkanes) is 1. The molecule has 1 aliphatic rings. The molecule has 2 rings (SSSR count). The standard InChI is InChI=1S/C19H28N2O5S/c1-3-5-12-20-18(22)15-10-13-21(14-11-15)27(24,25)17-8-6-16(7-9-17)19(23)26-4-2/h6-9,15H,3-5,10-14H2,1-2H3,(H,20,22). The highest BCUT2D eigenvalue weighted by atomic mass is 32.2. The maximum absolute atomic E-state index is 12.8. The molecular weight excluding hydrogens is 368 g/mol. The van der Waals surface area contributed by atoms with Gasteiger partial charge in [0.2, 0.25) is 15.9 Å². The van der Waals surface area contributed by atoms with Crippen LogP contribution in [0.4, 0.5) is 0 Å². The number of hydrogen-bond donors (Lipinski definition) is 1. The monoisotopic (exact) mass is 396 g/mol. The Kier molecular flexibility index (Phi) is 7.79. The number of esters is 1. The number of nitrogens with one attached hydrogen (secondary N) is 1. The van der Waals surface area contributed by atoms with Crippen molar-refractivity contribution in [3.05, 3.63) is 29.8 Å². The van der Waals surface area contributed by atoms with E-state index >= 15 is 0 Å². The molecule has 0 atom stereocenters. The van der Waals surface area contributed by atoms with Gasteiger partial charge in [-0.1, -0.05) is 13.3 Å². The summed E-state index contributed by atoms with van der Waals surface area (Å²) in [6, 6.07) is 5.76. The Balaban J connectivity index is 1.96. The fraction of sp³-hybridized carbons (Fsp3) is 0.579. The van der Waals surface area contributed by atoms with E-state index in [1.54, 1.807) is 6.92 Å². The number of amides is 1. The first kappa shape index (κ1) is 21.4. The van der Waals surface area contributed by atoms with Gasteiger partial charge in [-0.3, -0.25) is 4.79 Å². The SMILES string of the molecule is CCCCNC(=O)C1CCN(S(=O)(=O)c2ccc(C(=O)OCC)cc2)CC1. The summed E-state index contributed by atoms with van der Waals surface area (Å²) in [7, 11) is -3.64. The highest BCUT2D eigenvalue weighted by Crippen LogP contribution is 2.24. The van der Waals surface area contributed by atoms with Crippen molar-refractivity contribution in [2.75, 3.05) is 26.2 Å². The lowest BCUT2D eigenvalue weighted by atomic mass is 9.97. The Bertz CT molecular complexity index is 738. The van der Waals surface area contributed by atoms with E-state index in [-0.39, 0.29) is 23.3 Å². The fourth-order valence-electron chi connectivity index (χ4n) is 3.02. The number of sulfonamides is 1. The third-order valence-corrected chi connectivity index (χ3v) is 6.57. The van der Waals surface area contributed by atoms with E-state index in [1.807, 2.05) is 0 Å². The van der Waals surface area contributed by atoms with Crippen molar-refractivity contribution < 1.29 is 22.7 Å². The summed E-state index contributed by atoms with van der Waals surface area (Å²) < 4.78 is 31.9. The largest absolute Gasteiger partial charge is 0.462 e. The summed E-state index contributed by atoms with van der Waals surface area (Å²) in [6.07, 6.45) is 2.99. The Labute approximate surface area is 161 Å². The molecule has 0 unspecified atom stereocenters. The van der Waals surface area contributed by atoms with Crippen LogP contribution in [0.3, 0.4) is 0 Å². The smallest absolute Gasteiger partial charge is 0.338 e. The van der Waals surface area contributed by atoms with Crippen molar-refractivity contribution in [1.82, 2.24) is 9.62 Å². The van der Waals surface area contributed by atoms with Crippen molar-refractivity contribution >= 4 is 21.9 Å². The van der Waals surface area contributed by atoms with E-state index in [2.05, 4.69) is 12.2 Å². The lowest BCUT2D eigenvalue weighted by Gasteiger charge is -2.30. The zero-order valence-electron chi connectivity index (χ0n) is 15.9. The number of benzene rings is 1. The molecule has 0 aliphatic carbocycles. The van der Waals surface area contributed by atoms with Crippen LogP contribution in [-0.4, -0.2) is 50.8 Å². The summed E-state index contributed by atoms with van der Waals surface area (Å²) in [5.74, 6) is -0.602. The van der Waals surface area contributed by atoms with Crippen molar-refractivity contribution in [2.24, 2.45) is 5.92 Å². The maximum Gasteiger partial charge on any atom is 0.338 e. The summed E-state index contributed by atoms with van der Waals surface area (Å²) in [5, 5.41) is 2.91. The molecule has 1 aromatic carbocycles. The number of carbonyl (C=O) groups is 2. The fourth-order valence-corrected chi connectivity index (χ4v) is 4.49. The van der Waals surface area contributed by atoms with Gasteiger partial charge in [0.25, 0.3) is 0 Å². The molecule has 1 saturated heterocycles. The number of rotatable bonds is 8. The van der Waals surface area contributed by atoms with E-state index in [0.29, 0.717) is 38.0 Å². The Morgan fingerprint density at radius 3 is 2.33 bits per heavy atom. The van der Waals surface area contributed by atoms with Crippen molar-refractivity contribution in [1.29, 1.82) is 0 Å². The van der Waals surface area contributed by atoms with Crippen molar-refractivity contribution in [3.63, 3.8) is 0 Å². The molecule has 0 bridgehead atoms. The third-order valence-electron chi connectivity index (χ3n) is 4.66. The molecule has 1 aromatic rings. The van der Waals surface area contributed by atoms with Gasteiger partial charge in [-0.05, 0) is 50.5 Å². The molecule has 0 saturated carbocycles. The summed E-state index contributed by atoms with van der Waals surface area (Å²) in [5.41, 5.74) is 0.318. The molecule has 150 valence electrons. The van der Waals surface area contributed by atoms with Gasteiger partial charge in [0.1, 0.15) is 0 Å². The summed E-state index contributed by atoms with van der Waals surface area (Å²) in [4.78, 5) is 24.0. The van der Waals surface area contributed by atoms with Crippen LogP contribution in [0.5, 0.6) is 0 Å². The normalized spacial score (nSPS) is 16.1. The van der Waals surface area contributed by atoms with Crippen LogP contribution in [0.25, 0.3) is 0 Å². The van der Waals surface area contributed by atoms with Crippen LogP contribution in [0.2, 0.25) is 0 Å². The quantitative estimate of drug-likeness (QED) is 0.537. The highest BCUT2D eigenvalue weighted by Gasteiger charge is 2.32. The molecule has 0 aromatic heterocycles. The predicted octanol–water partition coefficient (Wildman–Crippen LogP) is 2.18. The van der Waals surface area contributed by atoms with Crippen LogP contribution in [-0.2, 0) is 19.6 Å². The molecule has 1 amide bonds. The average Bonchev–Trinajstić information content (AvgIpc) is 2.68. The number of carbonyl (C=O) groups excluding carboxylic acids is 2. The lowest BCUT2D eigenvalue weighted by Crippen LogP contribution is -2.43. The molecule has 7 nitrogen and oxygen atoms in total. The minimum atomic E-state index is -3.64. The number of piperidine rings is 1. The predicted molar refractivity (Wildman–Crippen MR) is 102 cm³/mol.